The Hall–Kier alpha value is -2.86. The van der Waals surface area contributed by atoms with Crippen molar-refractivity contribution in [2.45, 2.75) is 4.90 Å². The van der Waals surface area contributed by atoms with E-state index in [9.17, 15) is 9.18 Å². The maximum atomic E-state index is 13.1. The van der Waals surface area contributed by atoms with Crippen molar-refractivity contribution >= 4 is 29.4 Å². The molecule has 1 N–H and O–H groups in total. The van der Waals surface area contributed by atoms with Crippen molar-refractivity contribution in [3.8, 4) is 11.3 Å². The van der Waals surface area contributed by atoms with Crippen molar-refractivity contribution in [3.05, 3.63) is 72.2 Å². The molecule has 0 bridgehead atoms. The first-order valence-corrected chi connectivity index (χ1v) is 9.20. The molecule has 0 aliphatic carbocycles. The molecule has 0 radical (unpaired) electrons. The lowest BCUT2D eigenvalue weighted by Crippen LogP contribution is -2.07. The number of halogens is 1. The summed E-state index contributed by atoms with van der Waals surface area (Å²) in [7, 11) is 1.81. The van der Waals surface area contributed by atoms with Crippen molar-refractivity contribution in [3.63, 3.8) is 0 Å². The summed E-state index contributed by atoms with van der Waals surface area (Å²) in [5.41, 5.74) is 3.17. The SMILES string of the molecule is CSc1ccc(NC(=O)C=Cc2cnn(C)c2-c2ccc(F)cc2)cc1. The zero-order valence-corrected chi connectivity index (χ0v) is 15.3. The number of benzene rings is 2. The van der Waals surface area contributed by atoms with Gasteiger partial charge < -0.3 is 5.32 Å². The fourth-order valence-corrected chi connectivity index (χ4v) is 2.97. The van der Waals surface area contributed by atoms with Crippen LogP contribution < -0.4 is 5.32 Å². The van der Waals surface area contributed by atoms with Gasteiger partial charge in [-0.05, 0) is 60.9 Å². The smallest absolute Gasteiger partial charge is 0.248 e. The molecule has 132 valence electrons. The summed E-state index contributed by atoms with van der Waals surface area (Å²) in [4.78, 5) is 13.3. The Labute approximate surface area is 155 Å². The molecule has 0 unspecified atom stereocenters. The highest BCUT2D eigenvalue weighted by molar-refractivity contribution is 7.98. The van der Waals surface area contributed by atoms with E-state index >= 15 is 0 Å². The third-order valence-electron chi connectivity index (χ3n) is 3.86. The molecule has 3 rings (SSSR count). The van der Waals surface area contributed by atoms with Gasteiger partial charge in [-0.1, -0.05) is 0 Å². The predicted molar refractivity (Wildman–Crippen MR) is 104 cm³/mol. The van der Waals surface area contributed by atoms with E-state index in [1.165, 1.54) is 18.2 Å². The highest BCUT2D eigenvalue weighted by atomic mass is 32.2. The van der Waals surface area contributed by atoms with E-state index in [-0.39, 0.29) is 11.7 Å². The Kier molecular flexibility index (Phi) is 5.53. The summed E-state index contributed by atoms with van der Waals surface area (Å²) in [5, 5.41) is 7.06. The lowest BCUT2D eigenvalue weighted by molar-refractivity contribution is -0.111. The molecule has 0 saturated heterocycles. The van der Waals surface area contributed by atoms with E-state index in [2.05, 4.69) is 10.4 Å². The van der Waals surface area contributed by atoms with E-state index < -0.39 is 0 Å². The largest absolute Gasteiger partial charge is 0.323 e. The van der Waals surface area contributed by atoms with Crippen LogP contribution in [0.5, 0.6) is 0 Å². The molecule has 0 spiro atoms. The average molecular weight is 367 g/mol. The van der Waals surface area contributed by atoms with E-state index in [1.807, 2.05) is 37.6 Å². The van der Waals surface area contributed by atoms with Gasteiger partial charge >= 0.3 is 0 Å². The minimum absolute atomic E-state index is 0.226. The third-order valence-corrected chi connectivity index (χ3v) is 4.60. The molecule has 3 aromatic rings. The average Bonchev–Trinajstić information content (AvgIpc) is 3.02. The zero-order chi connectivity index (χ0) is 18.5. The van der Waals surface area contributed by atoms with Crippen molar-refractivity contribution in [2.75, 3.05) is 11.6 Å². The summed E-state index contributed by atoms with van der Waals surface area (Å²) >= 11 is 1.65. The molecule has 0 aliphatic rings. The molecule has 0 fully saturated rings. The Morgan fingerprint density at radius 3 is 2.50 bits per heavy atom. The van der Waals surface area contributed by atoms with Gasteiger partial charge in [0.25, 0.3) is 0 Å². The molecular weight excluding hydrogens is 349 g/mol. The fourth-order valence-electron chi connectivity index (χ4n) is 2.56. The molecule has 2 aromatic carbocycles. The maximum Gasteiger partial charge on any atom is 0.248 e. The van der Waals surface area contributed by atoms with Crippen LogP contribution in [0.15, 0.2) is 65.7 Å². The Bertz CT molecular complexity index is 931. The number of nitrogens with zero attached hydrogens (tertiary/aromatic N) is 2. The van der Waals surface area contributed by atoms with Gasteiger partial charge in [-0.2, -0.15) is 5.10 Å². The van der Waals surface area contributed by atoms with Crippen molar-refractivity contribution in [2.24, 2.45) is 7.05 Å². The van der Waals surface area contributed by atoms with Gasteiger partial charge in [0.2, 0.25) is 5.91 Å². The van der Waals surface area contributed by atoms with Gasteiger partial charge in [0.1, 0.15) is 5.82 Å². The van der Waals surface area contributed by atoms with Gasteiger partial charge in [0.05, 0.1) is 11.9 Å². The second kappa shape index (κ2) is 8.01. The lowest BCUT2D eigenvalue weighted by atomic mass is 10.1. The van der Waals surface area contributed by atoms with Crippen LogP contribution in [0.25, 0.3) is 17.3 Å². The number of carbonyl (C=O) groups is 1. The number of aromatic nitrogens is 2. The molecule has 4 nitrogen and oxygen atoms in total. The van der Waals surface area contributed by atoms with Gasteiger partial charge in [-0.3, -0.25) is 9.48 Å². The van der Waals surface area contributed by atoms with Gasteiger partial charge in [0, 0.05) is 34.8 Å². The number of thioether (sulfide) groups is 1. The number of hydrogen-bond acceptors (Lipinski definition) is 3. The minimum atomic E-state index is -0.292. The molecule has 1 heterocycles. The Morgan fingerprint density at radius 1 is 1.15 bits per heavy atom. The minimum Gasteiger partial charge on any atom is -0.323 e. The third kappa shape index (κ3) is 4.21. The number of carbonyl (C=O) groups excluding carboxylic acids is 1. The molecule has 0 atom stereocenters. The number of hydrogen-bond donors (Lipinski definition) is 1. The van der Waals surface area contributed by atoms with Gasteiger partial charge in [0.15, 0.2) is 0 Å². The first kappa shape index (κ1) is 17.9. The molecule has 1 aromatic heterocycles. The summed E-state index contributed by atoms with van der Waals surface area (Å²) in [5.74, 6) is -0.518. The summed E-state index contributed by atoms with van der Waals surface area (Å²) in [6, 6.07) is 13.8. The molecule has 0 saturated carbocycles. The summed E-state index contributed by atoms with van der Waals surface area (Å²) in [6.45, 7) is 0. The molecule has 26 heavy (non-hydrogen) atoms. The second-order valence-corrected chi connectivity index (χ2v) is 6.51. The zero-order valence-electron chi connectivity index (χ0n) is 14.4. The van der Waals surface area contributed by atoms with Crippen molar-refractivity contribution in [1.82, 2.24) is 9.78 Å². The number of amides is 1. The number of rotatable bonds is 5. The van der Waals surface area contributed by atoms with Crippen molar-refractivity contribution in [1.29, 1.82) is 0 Å². The van der Waals surface area contributed by atoms with Crippen LogP contribution in [0.1, 0.15) is 5.56 Å². The van der Waals surface area contributed by atoms with Gasteiger partial charge in [-0.15, -0.1) is 11.8 Å². The van der Waals surface area contributed by atoms with E-state index in [0.29, 0.717) is 0 Å². The first-order chi connectivity index (χ1) is 12.6. The monoisotopic (exact) mass is 367 g/mol. The fraction of sp³-hybridized carbons (Fsp3) is 0.100. The highest BCUT2D eigenvalue weighted by Gasteiger charge is 2.09. The normalized spacial score (nSPS) is 11.0. The van der Waals surface area contributed by atoms with E-state index in [0.717, 1.165) is 27.4 Å². The Morgan fingerprint density at radius 2 is 1.85 bits per heavy atom. The second-order valence-electron chi connectivity index (χ2n) is 5.63. The van der Waals surface area contributed by atoms with Crippen LogP contribution in [-0.4, -0.2) is 21.9 Å². The van der Waals surface area contributed by atoms with Crippen LogP contribution in [0, 0.1) is 5.82 Å². The van der Waals surface area contributed by atoms with E-state index in [4.69, 9.17) is 0 Å². The summed E-state index contributed by atoms with van der Waals surface area (Å²) in [6.07, 6.45) is 6.85. The van der Waals surface area contributed by atoms with E-state index in [1.54, 1.807) is 40.8 Å². The highest BCUT2D eigenvalue weighted by Crippen LogP contribution is 2.24. The topological polar surface area (TPSA) is 46.9 Å². The molecular formula is C20H18FN3OS. The molecule has 6 heteroatoms. The van der Waals surface area contributed by atoms with Gasteiger partial charge in [-0.25, -0.2) is 4.39 Å². The lowest BCUT2D eigenvalue weighted by Gasteiger charge is -2.05. The van der Waals surface area contributed by atoms with Crippen LogP contribution >= 0.6 is 11.8 Å². The number of anilines is 1. The predicted octanol–water partition coefficient (Wildman–Crippen LogP) is 4.60. The van der Waals surface area contributed by atoms with Crippen molar-refractivity contribution < 1.29 is 9.18 Å². The first-order valence-electron chi connectivity index (χ1n) is 7.98. The Balaban J connectivity index is 1.75. The number of nitrogens with one attached hydrogen (secondary N) is 1. The maximum absolute atomic E-state index is 13.1. The standard InChI is InChI=1S/C20H18FN3OS/c1-24-20(14-3-6-16(21)7-4-14)15(13-22-24)5-12-19(25)23-17-8-10-18(26-2)11-9-17/h3-13H,1-2H3,(H,23,25). The number of aryl methyl sites for hydroxylation is 1. The van der Waals surface area contributed by atoms with Crippen LogP contribution in [0.4, 0.5) is 10.1 Å². The van der Waals surface area contributed by atoms with Crippen LogP contribution in [0.2, 0.25) is 0 Å². The van der Waals surface area contributed by atoms with Crippen LogP contribution in [0.3, 0.4) is 0 Å². The summed E-state index contributed by atoms with van der Waals surface area (Å²) < 4.78 is 14.8. The molecule has 1 amide bonds. The van der Waals surface area contributed by atoms with Crippen LogP contribution in [-0.2, 0) is 11.8 Å². The molecule has 0 aliphatic heterocycles. The quantitative estimate of drug-likeness (QED) is 0.530.